The summed E-state index contributed by atoms with van der Waals surface area (Å²) in [6.07, 6.45) is -5.25. The summed E-state index contributed by atoms with van der Waals surface area (Å²) in [6, 6.07) is 6.61. The minimum atomic E-state index is -1.82. The topological polar surface area (TPSA) is 231 Å². The van der Waals surface area contributed by atoms with Gasteiger partial charge in [-0.15, -0.1) is 5.10 Å². The zero-order valence-electron chi connectivity index (χ0n) is 45.2. The van der Waals surface area contributed by atoms with Gasteiger partial charge in [-0.25, -0.2) is 4.68 Å². The van der Waals surface area contributed by atoms with Crippen molar-refractivity contribution in [3.8, 4) is 0 Å². The number of likely N-dealkylation sites (N-methyl/N-ethyl adjacent to an activating group) is 2. The molecule has 0 spiro atoms. The average Bonchev–Trinajstić information content (AvgIpc) is 3.79. The van der Waals surface area contributed by atoms with E-state index in [1.165, 1.54) is 14.0 Å². The highest BCUT2D eigenvalue weighted by Crippen LogP contribution is 2.45. The third-order valence-corrected chi connectivity index (χ3v) is 16.6. The van der Waals surface area contributed by atoms with Crippen molar-refractivity contribution in [2.24, 2.45) is 23.7 Å². The first-order valence-corrected chi connectivity index (χ1v) is 26.3. The number of morpholine rings is 1. The van der Waals surface area contributed by atoms with E-state index < -0.39 is 102 Å². The number of rotatable bonds is 13. The summed E-state index contributed by atoms with van der Waals surface area (Å²) in [4.78, 5) is 34.1. The number of ether oxygens (including phenoxy) is 6. The highest BCUT2D eigenvalue weighted by molar-refractivity contribution is 5.96. The molecule has 19 nitrogen and oxygen atoms in total. The molecule has 0 bridgehead atoms. The predicted octanol–water partition coefficient (Wildman–Crippen LogP) is 3.10. The molecule has 4 aliphatic heterocycles. The predicted molar refractivity (Wildman–Crippen MR) is 269 cm³/mol. The maximum atomic E-state index is 14.6. The van der Waals surface area contributed by atoms with Crippen LogP contribution in [-0.2, 0) is 46.2 Å². The standard InChI is InChI=1S/C53H88N6O13/c1-14-43-53(10,66)46(62)35(6)57(12)28-31(2)26-51(8,65)48(33(4)44(34(5)49(64)71-43)42-27-52(9,67-13)47(63)36(7)70-42)72-50-45(61)40(25-32(3)69-50)56(11)20-19-38-29-59(55-54-38)30-41(60)37-15-17-39(18-16-37)58-21-23-68-24-22-58/h15-18,29,31-36,40,42-48,50,61-63,65-66H,14,19-28,30H2,1-13H3/t31-,32-,33+,34-,35-,36+,40+,42?,43-,44+,45-,46-,47+,48-,50+,51-,52-,53-/m1/s1. The third kappa shape index (κ3) is 13.2. The monoisotopic (exact) mass is 1020 g/mol. The van der Waals surface area contributed by atoms with Crippen LogP contribution in [0.3, 0.4) is 0 Å². The molecule has 18 atom stereocenters. The minimum absolute atomic E-state index is 0.0395. The van der Waals surface area contributed by atoms with Crippen molar-refractivity contribution >= 4 is 17.4 Å². The largest absolute Gasteiger partial charge is 0.459 e. The van der Waals surface area contributed by atoms with E-state index in [2.05, 4.69) is 15.2 Å². The van der Waals surface area contributed by atoms with Crippen molar-refractivity contribution < 1.29 is 63.5 Å². The van der Waals surface area contributed by atoms with Crippen molar-refractivity contribution in [2.45, 2.75) is 192 Å². The number of carbonyl (C=O) groups excluding carboxylic acids is 2. The Hall–Kier alpha value is -3.18. The fraction of sp³-hybridized carbons (Fsp3) is 0.811. The van der Waals surface area contributed by atoms with E-state index in [4.69, 9.17) is 28.4 Å². The number of hydrogen-bond acceptors (Lipinski definition) is 18. The maximum absolute atomic E-state index is 14.6. The van der Waals surface area contributed by atoms with Crippen LogP contribution in [-0.4, -0.2) is 207 Å². The Kier molecular flexibility index (Phi) is 19.5. The molecule has 2 aromatic rings. The molecule has 4 saturated heterocycles. The fourth-order valence-electron chi connectivity index (χ4n) is 12.1. The van der Waals surface area contributed by atoms with Gasteiger partial charge >= 0.3 is 5.97 Å². The van der Waals surface area contributed by atoms with Gasteiger partial charge in [-0.2, -0.15) is 0 Å². The molecule has 72 heavy (non-hydrogen) atoms. The van der Waals surface area contributed by atoms with Crippen molar-refractivity contribution in [2.75, 3.05) is 65.5 Å². The van der Waals surface area contributed by atoms with Crippen molar-refractivity contribution in [1.29, 1.82) is 0 Å². The number of Topliss-reactive ketones (excluding diaryl/α,β-unsaturated/α-hetero) is 1. The van der Waals surface area contributed by atoms with E-state index >= 15 is 0 Å². The molecular formula is C53H88N6O13. The van der Waals surface area contributed by atoms with Gasteiger partial charge in [0.25, 0.3) is 0 Å². The molecule has 1 aromatic carbocycles. The molecule has 5 heterocycles. The number of ketones is 1. The van der Waals surface area contributed by atoms with Crippen molar-refractivity contribution in [1.82, 2.24) is 24.8 Å². The van der Waals surface area contributed by atoms with Crippen LogP contribution in [0.25, 0.3) is 0 Å². The molecule has 1 aromatic heterocycles. The van der Waals surface area contributed by atoms with Gasteiger partial charge in [-0.3, -0.25) is 9.59 Å². The highest BCUT2D eigenvalue weighted by atomic mass is 16.7. The second-order valence-electron chi connectivity index (χ2n) is 22.5. The number of esters is 1. The molecule has 0 saturated carbocycles. The number of aliphatic hydroxyl groups is 5. The fourth-order valence-corrected chi connectivity index (χ4v) is 12.1. The molecule has 0 aliphatic carbocycles. The zero-order chi connectivity index (χ0) is 53.0. The van der Waals surface area contributed by atoms with Gasteiger partial charge in [-0.1, -0.05) is 32.9 Å². The molecule has 19 heteroatoms. The Labute approximate surface area is 427 Å². The van der Waals surface area contributed by atoms with E-state index in [1.807, 2.05) is 75.9 Å². The highest BCUT2D eigenvalue weighted by Gasteiger charge is 2.55. The first-order chi connectivity index (χ1) is 33.8. The van der Waals surface area contributed by atoms with Crippen LogP contribution in [0.15, 0.2) is 30.5 Å². The quantitative estimate of drug-likeness (QED) is 0.143. The summed E-state index contributed by atoms with van der Waals surface area (Å²) in [7, 11) is 5.30. The molecule has 408 valence electrons. The lowest BCUT2D eigenvalue weighted by molar-refractivity contribution is -0.302. The molecule has 5 N–H and O–H groups in total. The van der Waals surface area contributed by atoms with Crippen LogP contribution in [0.4, 0.5) is 5.69 Å². The normalized spacial score (nSPS) is 40.3. The Morgan fingerprint density at radius 3 is 2.26 bits per heavy atom. The Morgan fingerprint density at radius 2 is 1.62 bits per heavy atom. The average molecular weight is 1020 g/mol. The number of cyclic esters (lactones) is 1. The second-order valence-corrected chi connectivity index (χ2v) is 22.5. The van der Waals surface area contributed by atoms with E-state index in [0.717, 1.165) is 18.8 Å². The third-order valence-electron chi connectivity index (χ3n) is 16.6. The minimum Gasteiger partial charge on any atom is -0.459 e. The maximum Gasteiger partial charge on any atom is 0.309 e. The SMILES string of the molecule is CC[C@H]1OC(=O)[C@H](C)[C@@H](C2C[C@@](C)(OC)[C@@H](O)[C@H](C)O2)[C@H](C)[C@@H](O[C@@H]2O[C@H](C)C[C@H](N(C)CCc3cn(CC(=O)c4ccc(N5CCOCC5)cc4)nn3)[C@H]2O)[C@](C)(O)C[C@@H](C)CN(C)[C@H](C)[C@@H](O)[C@]1(C)O. The van der Waals surface area contributed by atoms with E-state index in [-0.39, 0.29) is 43.6 Å². The first kappa shape index (κ1) is 58.1. The first-order valence-electron chi connectivity index (χ1n) is 26.3. The van der Waals surface area contributed by atoms with Crippen molar-refractivity contribution in [3.05, 3.63) is 41.7 Å². The van der Waals surface area contributed by atoms with Gasteiger partial charge < -0.3 is 68.7 Å². The number of benzene rings is 1. The number of methoxy groups -OCH3 is 1. The summed E-state index contributed by atoms with van der Waals surface area (Å²) in [5.41, 5.74) is -2.15. The van der Waals surface area contributed by atoms with Gasteiger partial charge in [0, 0.05) is 81.6 Å². The summed E-state index contributed by atoms with van der Waals surface area (Å²) < 4.78 is 39.2. The van der Waals surface area contributed by atoms with Gasteiger partial charge in [0.05, 0.1) is 60.4 Å². The van der Waals surface area contributed by atoms with E-state index in [9.17, 15) is 35.1 Å². The summed E-state index contributed by atoms with van der Waals surface area (Å²) in [5.74, 6) is -3.26. The number of carbonyl (C=O) groups is 2. The number of anilines is 1. The lowest BCUT2D eigenvalue weighted by Crippen LogP contribution is -2.62. The molecule has 0 amide bonds. The van der Waals surface area contributed by atoms with Crippen LogP contribution in [0, 0.1) is 23.7 Å². The summed E-state index contributed by atoms with van der Waals surface area (Å²) in [6.45, 7) is 21.8. The number of hydrogen-bond donors (Lipinski definition) is 5. The number of nitrogens with zero attached hydrogens (tertiary/aromatic N) is 6. The summed E-state index contributed by atoms with van der Waals surface area (Å²) >= 11 is 0. The van der Waals surface area contributed by atoms with Gasteiger partial charge in [-0.05, 0) is 111 Å². The molecular weight excluding hydrogens is 929 g/mol. The zero-order valence-corrected chi connectivity index (χ0v) is 45.2. The van der Waals surface area contributed by atoms with Crippen LogP contribution < -0.4 is 4.90 Å². The molecule has 4 aliphatic rings. The molecule has 6 rings (SSSR count). The van der Waals surface area contributed by atoms with Crippen LogP contribution in [0.5, 0.6) is 0 Å². The smallest absolute Gasteiger partial charge is 0.309 e. The number of aromatic nitrogens is 3. The molecule has 1 unspecified atom stereocenters. The van der Waals surface area contributed by atoms with Gasteiger partial charge in [0.2, 0.25) is 0 Å². The summed E-state index contributed by atoms with van der Waals surface area (Å²) in [5, 5.41) is 68.7. The Bertz CT molecular complexity index is 2050. The second kappa shape index (κ2) is 24.2. The lowest BCUT2D eigenvalue weighted by Gasteiger charge is -2.51. The van der Waals surface area contributed by atoms with Gasteiger partial charge in [0.1, 0.15) is 36.6 Å². The Balaban J connectivity index is 1.24. The van der Waals surface area contributed by atoms with Crippen LogP contribution in [0.1, 0.15) is 111 Å². The van der Waals surface area contributed by atoms with Crippen LogP contribution >= 0.6 is 0 Å². The van der Waals surface area contributed by atoms with Crippen molar-refractivity contribution in [3.63, 3.8) is 0 Å². The van der Waals surface area contributed by atoms with Gasteiger partial charge in [0.15, 0.2) is 12.1 Å². The van der Waals surface area contributed by atoms with E-state index in [0.29, 0.717) is 50.4 Å². The Morgan fingerprint density at radius 1 is 0.958 bits per heavy atom. The number of aliphatic hydroxyl groups excluding tert-OH is 3. The van der Waals surface area contributed by atoms with Crippen LogP contribution in [0.2, 0.25) is 0 Å². The molecule has 4 fully saturated rings. The molecule has 0 radical (unpaired) electrons. The van der Waals surface area contributed by atoms with E-state index in [1.54, 1.807) is 45.5 Å². The lowest BCUT2D eigenvalue weighted by atomic mass is 9.68.